The average Bonchev–Trinajstić information content (AvgIpc) is 3.74. The lowest BCUT2D eigenvalue weighted by molar-refractivity contribution is -0.142. The Morgan fingerprint density at radius 1 is 0.889 bits per heavy atom. The zero-order valence-corrected chi connectivity index (χ0v) is 28.2. The number of methoxy groups -OCH3 is 1. The normalized spacial score (nSPS) is 15.0. The van der Waals surface area contributed by atoms with Crippen molar-refractivity contribution < 1.29 is 18.7 Å². The molecule has 4 rings (SSSR count). The van der Waals surface area contributed by atoms with Gasteiger partial charge in [-0.3, -0.25) is 14.2 Å². The maximum absolute atomic E-state index is 13.0. The minimum absolute atomic E-state index is 0.0667. The second-order valence-corrected chi connectivity index (χ2v) is 13.0. The summed E-state index contributed by atoms with van der Waals surface area (Å²) in [5, 5.41) is 9.63. The highest BCUT2D eigenvalue weighted by Crippen LogP contribution is 2.29. The van der Waals surface area contributed by atoms with Crippen LogP contribution in [0.25, 0.3) is 17.3 Å². The smallest absolute Gasteiger partial charge is 0.222 e. The molecule has 0 spiro atoms. The Hall–Kier alpha value is -3.27. The van der Waals surface area contributed by atoms with E-state index in [4.69, 9.17) is 9.15 Å². The van der Waals surface area contributed by atoms with Crippen LogP contribution in [0.5, 0.6) is 5.75 Å². The molecule has 0 saturated carbocycles. The molecule has 1 aromatic carbocycles. The summed E-state index contributed by atoms with van der Waals surface area (Å²) < 4.78 is 12.9. The van der Waals surface area contributed by atoms with E-state index in [0.717, 1.165) is 48.0 Å². The molecule has 10 heteroatoms. The molecular formula is C35H51N5O4S. The second kappa shape index (κ2) is 18.6. The summed E-state index contributed by atoms with van der Waals surface area (Å²) in [7, 11) is 1.65. The Morgan fingerprint density at radius 2 is 1.58 bits per heavy atom. The third-order valence-corrected chi connectivity index (χ3v) is 9.53. The summed E-state index contributed by atoms with van der Waals surface area (Å²) >= 11 is 1.62. The summed E-state index contributed by atoms with van der Waals surface area (Å²) in [6.07, 6.45) is 15.7. The number of piperazine rings is 1. The van der Waals surface area contributed by atoms with Crippen molar-refractivity contribution in [3.8, 4) is 23.0 Å². The fraction of sp³-hybridized carbons (Fsp3) is 0.600. The van der Waals surface area contributed by atoms with E-state index >= 15 is 0 Å². The summed E-state index contributed by atoms with van der Waals surface area (Å²) in [5.74, 6) is 3.31. The number of furan rings is 1. The molecule has 246 valence electrons. The van der Waals surface area contributed by atoms with Crippen molar-refractivity contribution in [1.82, 2.24) is 24.6 Å². The van der Waals surface area contributed by atoms with Gasteiger partial charge < -0.3 is 19.0 Å². The van der Waals surface area contributed by atoms with Gasteiger partial charge in [-0.25, -0.2) is 0 Å². The number of unbranched alkanes of at least 4 members (excludes halogenated alkanes) is 9. The van der Waals surface area contributed by atoms with Crippen molar-refractivity contribution in [2.24, 2.45) is 0 Å². The number of ether oxygens (including phenoxy) is 1. The van der Waals surface area contributed by atoms with E-state index in [1.165, 1.54) is 44.9 Å². The topological polar surface area (TPSA) is 93.7 Å². The Morgan fingerprint density at radius 3 is 2.24 bits per heavy atom. The number of rotatable bonds is 19. The highest BCUT2D eigenvalue weighted by molar-refractivity contribution is 7.99. The van der Waals surface area contributed by atoms with Crippen molar-refractivity contribution in [2.45, 2.75) is 109 Å². The first kappa shape index (κ1) is 34.6. The van der Waals surface area contributed by atoms with Gasteiger partial charge in [0, 0.05) is 44.3 Å². The number of hydrogen-bond donors (Lipinski definition) is 0. The Bertz CT molecular complexity index is 1290. The van der Waals surface area contributed by atoms with Gasteiger partial charge in [-0.15, -0.1) is 10.2 Å². The molecule has 1 saturated heterocycles. The summed E-state index contributed by atoms with van der Waals surface area (Å²) in [4.78, 5) is 29.8. The van der Waals surface area contributed by atoms with Crippen molar-refractivity contribution in [2.75, 3.05) is 32.5 Å². The second-order valence-electron chi connectivity index (χ2n) is 12.0. The molecule has 1 aliphatic heterocycles. The van der Waals surface area contributed by atoms with Gasteiger partial charge in [0.05, 0.1) is 19.1 Å². The SMILES string of the molecule is CCCCCCCCCCCC(=O)N1CCN(C(=O)CCCCSc2nnc(-c3ccco3)n2-c2ccc(OC)cc2)CC1C. The van der Waals surface area contributed by atoms with Crippen molar-refractivity contribution >= 4 is 23.6 Å². The van der Waals surface area contributed by atoms with Gasteiger partial charge in [0.1, 0.15) is 5.75 Å². The van der Waals surface area contributed by atoms with Crippen LogP contribution in [0.2, 0.25) is 0 Å². The molecule has 0 bridgehead atoms. The van der Waals surface area contributed by atoms with Crippen LogP contribution in [0.3, 0.4) is 0 Å². The predicted octanol–water partition coefficient (Wildman–Crippen LogP) is 7.78. The number of thioether (sulfide) groups is 1. The van der Waals surface area contributed by atoms with Crippen LogP contribution in [-0.4, -0.2) is 74.9 Å². The molecule has 1 aliphatic rings. The fourth-order valence-corrected chi connectivity index (χ4v) is 6.83. The minimum atomic E-state index is 0.0667. The standard InChI is InChI=1S/C35H51N5O4S/c1-4-5-6-7-8-9-10-11-12-18-33(42)39-24-23-38(27-28(39)2)32(41)17-13-14-26-45-35-37-36-34(31-16-15-25-44-31)40(35)29-19-21-30(43-3)22-20-29/h15-16,19-22,25,28H,4-14,17-18,23-24,26-27H2,1-3H3. The average molecular weight is 638 g/mol. The highest BCUT2D eigenvalue weighted by Gasteiger charge is 2.29. The van der Waals surface area contributed by atoms with Gasteiger partial charge in [-0.05, 0) is 62.6 Å². The van der Waals surface area contributed by atoms with Gasteiger partial charge >= 0.3 is 0 Å². The molecule has 3 heterocycles. The van der Waals surface area contributed by atoms with E-state index in [9.17, 15) is 9.59 Å². The number of carbonyl (C=O) groups is 2. The number of hydrogen-bond acceptors (Lipinski definition) is 7. The third-order valence-electron chi connectivity index (χ3n) is 8.52. The number of benzene rings is 1. The molecular weight excluding hydrogens is 586 g/mol. The number of carbonyl (C=O) groups excluding carboxylic acids is 2. The van der Waals surface area contributed by atoms with E-state index in [-0.39, 0.29) is 17.9 Å². The third kappa shape index (κ3) is 10.4. The lowest BCUT2D eigenvalue weighted by Gasteiger charge is -2.40. The highest BCUT2D eigenvalue weighted by atomic mass is 32.2. The molecule has 1 unspecified atom stereocenters. The molecule has 1 atom stereocenters. The zero-order valence-electron chi connectivity index (χ0n) is 27.4. The quantitative estimate of drug-likeness (QED) is 0.0979. The van der Waals surface area contributed by atoms with Crippen molar-refractivity contribution in [3.63, 3.8) is 0 Å². The Balaban J connectivity index is 1.15. The van der Waals surface area contributed by atoms with E-state index < -0.39 is 0 Å². The maximum Gasteiger partial charge on any atom is 0.222 e. The molecule has 45 heavy (non-hydrogen) atoms. The first-order valence-electron chi connectivity index (χ1n) is 16.9. The van der Waals surface area contributed by atoms with Gasteiger partial charge in [-0.2, -0.15) is 0 Å². The first-order chi connectivity index (χ1) is 22.0. The summed E-state index contributed by atoms with van der Waals surface area (Å²) in [6, 6.07) is 11.6. The van der Waals surface area contributed by atoms with Crippen LogP contribution in [0, 0.1) is 0 Å². The molecule has 0 N–H and O–H groups in total. The molecule has 3 aromatic rings. The van der Waals surface area contributed by atoms with Crippen LogP contribution in [0.15, 0.2) is 52.2 Å². The lowest BCUT2D eigenvalue weighted by Crippen LogP contribution is -2.55. The lowest BCUT2D eigenvalue weighted by atomic mass is 10.1. The largest absolute Gasteiger partial charge is 0.497 e. The molecule has 2 amide bonds. The Kier molecular flexibility index (Phi) is 14.3. The molecule has 9 nitrogen and oxygen atoms in total. The molecule has 0 aliphatic carbocycles. The van der Waals surface area contributed by atoms with Crippen LogP contribution < -0.4 is 4.74 Å². The minimum Gasteiger partial charge on any atom is -0.497 e. The number of amides is 2. The zero-order chi connectivity index (χ0) is 31.9. The first-order valence-corrected chi connectivity index (χ1v) is 17.8. The van der Waals surface area contributed by atoms with Crippen LogP contribution in [-0.2, 0) is 9.59 Å². The summed E-state index contributed by atoms with van der Waals surface area (Å²) in [6.45, 7) is 6.21. The van der Waals surface area contributed by atoms with Crippen LogP contribution >= 0.6 is 11.8 Å². The van der Waals surface area contributed by atoms with E-state index in [1.54, 1.807) is 25.1 Å². The fourth-order valence-electron chi connectivity index (χ4n) is 5.88. The molecule has 2 aromatic heterocycles. The summed E-state index contributed by atoms with van der Waals surface area (Å²) in [5.41, 5.74) is 0.921. The van der Waals surface area contributed by atoms with Gasteiger partial charge in [0.15, 0.2) is 10.9 Å². The van der Waals surface area contributed by atoms with Gasteiger partial charge in [0.25, 0.3) is 0 Å². The van der Waals surface area contributed by atoms with E-state index in [1.807, 2.05) is 50.8 Å². The van der Waals surface area contributed by atoms with Crippen LogP contribution in [0.4, 0.5) is 0 Å². The van der Waals surface area contributed by atoms with E-state index in [0.29, 0.717) is 44.1 Å². The molecule has 0 radical (unpaired) electrons. The van der Waals surface area contributed by atoms with Crippen molar-refractivity contribution in [3.05, 3.63) is 42.7 Å². The van der Waals surface area contributed by atoms with Gasteiger partial charge in [-0.1, -0.05) is 70.1 Å². The maximum atomic E-state index is 13.0. The number of nitrogens with zero attached hydrogens (tertiary/aromatic N) is 5. The monoisotopic (exact) mass is 637 g/mol. The molecule has 1 fully saturated rings. The Labute approximate surface area is 273 Å². The van der Waals surface area contributed by atoms with Crippen LogP contribution in [0.1, 0.15) is 97.3 Å². The van der Waals surface area contributed by atoms with E-state index in [2.05, 4.69) is 24.0 Å². The predicted molar refractivity (Wildman–Crippen MR) is 180 cm³/mol. The van der Waals surface area contributed by atoms with Crippen molar-refractivity contribution in [1.29, 1.82) is 0 Å². The van der Waals surface area contributed by atoms with Gasteiger partial charge in [0.2, 0.25) is 17.6 Å². The number of aromatic nitrogens is 3.